The van der Waals surface area contributed by atoms with Crippen LogP contribution >= 0.6 is 15.9 Å². The Morgan fingerprint density at radius 2 is 2.11 bits per heavy atom. The number of halogens is 1. The Balaban J connectivity index is 2.44. The number of anilines is 1. The summed E-state index contributed by atoms with van der Waals surface area (Å²) in [5.41, 5.74) is 0. The molecule has 100 valence electrons. The molecule has 0 saturated carbocycles. The van der Waals surface area contributed by atoms with Gasteiger partial charge >= 0.3 is 0 Å². The van der Waals surface area contributed by atoms with Crippen molar-refractivity contribution in [3.8, 4) is 0 Å². The Labute approximate surface area is 116 Å². The molecule has 1 aliphatic rings. The SMILES string of the molecule is CCNc1ncc(Br)cc1S(=O)(=O)N1CCCC1. The van der Waals surface area contributed by atoms with Crippen LogP contribution in [0.25, 0.3) is 0 Å². The van der Waals surface area contributed by atoms with Crippen LogP contribution in [0.5, 0.6) is 0 Å². The molecule has 2 rings (SSSR count). The maximum atomic E-state index is 12.5. The number of hydrogen-bond donors (Lipinski definition) is 1. The fourth-order valence-corrected chi connectivity index (χ4v) is 4.13. The third-order valence-electron chi connectivity index (χ3n) is 2.85. The van der Waals surface area contributed by atoms with Crippen molar-refractivity contribution in [3.63, 3.8) is 0 Å². The molecule has 7 heteroatoms. The standard InChI is InChI=1S/C11H16BrN3O2S/c1-2-13-11-10(7-9(12)8-14-11)18(16,17)15-5-3-4-6-15/h7-8H,2-6H2,1H3,(H,13,14). The Kier molecular flexibility index (Phi) is 4.24. The van der Waals surface area contributed by atoms with E-state index in [-0.39, 0.29) is 4.90 Å². The summed E-state index contributed by atoms with van der Waals surface area (Å²) < 4.78 is 27.2. The number of pyridine rings is 1. The van der Waals surface area contributed by atoms with Crippen LogP contribution in [-0.4, -0.2) is 37.3 Å². The third-order valence-corrected chi connectivity index (χ3v) is 5.19. The van der Waals surface area contributed by atoms with Gasteiger partial charge in [0.15, 0.2) is 0 Å². The molecule has 1 aromatic heterocycles. The number of aromatic nitrogens is 1. The first-order valence-corrected chi connectivity index (χ1v) is 8.18. The van der Waals surface area contributed by atoms with Crippen LogP contribution < -0.4 is 5.32 Å². The van der Waals surface area contributed by atoms with Crippen molar-refractivity contribution in [3.05, 3.63) is 16.7 Å². The summed E-state index contributed by atoms with van der Waals surface area (Å²) in [7, 11) is -3.44. The molecule has 0 amide bonds. The molecular weight excluding hydrogens is 318 g/mol. The summed E-state index contributed by atoms with van der Waals surface area (Å²) in [5.74, 6) is 0.424. The van der Waals surface area contributed by atoms with Gasteiger partial charge in [0.25, 0.3) is 0 Å². The predicted molar refractivity (Wildman–Crippen MR) is 74.1 cm³/mol. The molecule has 0 radical (unpaired) electrons. The van der Waals surface area contributed by atoms with E-state index in [1.807, 2.05) is 6.92 Å². The van der Waals surface area contributed by atoms with Gasteiger partial charge in [0.2, 0.25) is 10.0 Å². The molecular formula is C11H16BrN3O2S. The van der Waals surface area contributed by atoms with Crippen molar-refractivity contribution < 1.29 is 8.42 Å². The molecule has 2 heterocycles. The highest BCUT2D eigenvalue weighted by molar-refractivity contribution is 9.10. The highest BCUT2D eigenvalue weighted by Crippen LogP contribution is 2.27. The molecule has 0 atom stereocenters. The molecule has 1 aliphatic heterocycles. The summed E-state index contributed by atoms with van der Waals surface area (Å²) in [4.78, 5) is 4.39. The van der Waals surface area contributed by atoms with Crippen molar-refractivity contribution in [2.45, 2.75) is 24.7 Å². The molecule has 18 heavy (non-hydrogen) atoms. The normalized spacial score (nSPS) is 17.0. The largest absolute Gasteiger partial charge is 0.369 e. The second kappa shape index (κ2) is 5.54. The second-order valence-electron chi connectivity index (χ2n) is 4.14. The number of hydrogen-bond acceptors (Lipinski definition) is 4. The van der Waals surface area contributed by atoms with E-state index in [9.17, 15) is 8.42 Å². The minimum Gasteiger partial charge on any atom is -0.369 e. The van der Waals surface area contributed by atoms with Gasteiger partial charge in [-0.3, -0.25) is 0 Å². The Morgan fingerprint density at radius 3 is 2.72 bits per heavy atom. The van der Waals surface area contributed by atoms with E-state index < -0.39 is 10.0 Å². The van der Waals surface area contributed by atoms with Crippen LogP contribution in [0.15, 0.2) is 21.6 Å². The molecule has 0 spiro atoms. The van der Waals surface area contributed by atoms with Crippen molar-refractivity contribution in [2.24, 2.45) is 0 Å². The van der Waals surface area contributed by atoms with Gasteiger partial charge in [0.05, 0.1) is 0 Å². The van der Waals surface area contributed by atoms with E-state index in [0.29, 0.717) is 29.9 Å². The highest BCUT2D eigenvalue weighted by atomic mass is 79.9. The van der Waals surface area contributed by atoms with Gasteiger partial charge in [0, 0.05) is 30.3 Å². The average Bonchev–Trinajstić information content (AvgIpc) is 2.86. The van der Waals surface area contributed by atoms with Crippen LogP contribution in [0.4, 0.5) is 5.82 Å². The number of nitrogens with one attached hydrogen (secondary N) is 1. The maximum absolute atomic E-state index is 12.5. The van der Waals surface area contributed by atoms with Crippen molar-refractivity contribution >= 4 is 31.8 Å². The first-order chi connectivity index (χ1) is 8.55. The summed E-state index contributed by atoms with van der Waals surface area (Å²) in [6, 6.07) is 1.61. The van der Waals surface area contributed by atoms with E-state index in [2.05, 4.69) is 26.2 Å². The zero-order chi connectivity index (χ0) is 13.2. The van der Waals surface area contributed by atoms with Gasteiger partial charge in [-0.05, 0) is 41.8 Å². The van der Waals surface area contributed by atoms with Crippen molar-refractivity contribution in [2.75, 3.05) is 25.0 Å². The van der Waals surface area contributed by atoms with Gasteiger partial charge in [0.1, 0.15) is 10.7 Å². The summed E-state index contributed by atoms with van der Waals surface area (Å²) in [5, 5.41) is 3.00. The first kappa shape index (κ1) is 13.8. The zero-order valence-electron chi connectivity index (χ0n) is 10.2. The summed E-state index contributed by atoms with van der Waals surface area (Å²) in [6.45, 7) is 3.74. The lowest BCUT2D eigenvalue weighted by molar-refractivity contribution is 0.477. The number of sulfonamides is 1. The minimum atomic E-state index is -3.44. The predicted octanol–water partition coefficient (Wildman–Crippen LogP) is 2.06. The monoisotopic (exact) mass is 333 g/mol. The minimum absolute atomic E-state index is 0.251. The Hall–Kier alpha value is -0.660. The first-order valence-electron chi connectivity index (χ1n) is 5.95. The van der Waals surface area contributed by atoms with Gasteiger partial charge in [-0.2, -0.15) is 4.31 Å². The molecule has 1 aromatic rings. The average molecular weight is 334 g/mol. The molecule has 1 fully saturated rings. The van der Waals surface area contributed by atoms with Crippen LogP contribution in [0.2, 0.25) is 0 Å². The molecule has 1 N–H and O–H groups in total. The molecule has 0 bridgehead atoms. The van der Waals surface area contributed by atoms with Crippen LogP contribution in [-0.2, 0) is 10.0 Å². The van der Waals surface area contributed by atoms with Crippen LogP contribution in [0.3, 0.4) is 0 Å². The Bertz CT molecular complexity index is 527. The van der Waals surface area contributed by atoms with Crippen LogP contribution in [0, 0.1) is 0 Å². The lowest BCUT2D eigenvalue weighted by Crippen LogP contribution is -2.28. The van der Waals surface area contributed by atoms with E-state index >= 15 is 0 Å². The van der Waals surface area contributed by atoms with E-state index in [1.165, 1.54) is 4.31 Å². The third kappa shape index (κ3) is 2.67. The van der Waals surface area contributed by atoms with Gasteiger partial charge in [-0.25, -0.2) is 13.4 Å². The van der Waals surface area contributed by atoms with E-state index in [4.69, 9.17) is 0 Å². The topological polar surface area (TPSA) is 62.3 Å². The molecule has 5 nitrogen and oxygen atoms in total. The van der Waals surface area contributed by atoms with E-state index in [1.54, 1.807) is 12.3 Å². The van der Waals surface area contributed by atoms with Crippen molar-refractivity contribution in [1.82, 2.24) is 9.29 Å². The number of nitrogens with zero attached hydrogens (tertiary/aromatic N) is 2. The molecule has 0 unspecified atom stereocenters. The smallest absolute Gasteiger partial charge is 0.246 e. The van der Waals surface area contributed by atoms with Crippen molar-refractivity contribution in [1.29, 1.82) is 0 Å². The molecule has 0 aromatic carbocycles. The lowest BCUT2D eigenvalue weighted by atomic mass is 10.4. The summed E-state index contributed by atoms with van der Waals surface area (Å²) >= 11 is 3.28. The van der Waals surface area contributed by atoms with E-state index in [0.717, 1.165) is 12.8 Å². The van der Waals surface area contributed by atoms with Gasteiger partial charge in [-0.1, -0.05) is 0 Å². The summed E-state index contributed by atoms with van der Waals surface area (Å²) in [6.07, 6.45) is 3.45. The Morgan fingerprint density at radius 1 is 1.44 bits per heavy atom. The molecule has 1 saturated heterocycles. The molecule has 0 aliphatic carbocycles. The fraction of sp³-hybridized carbons (Fsp3) is 0.545. The van der Waals surface area contributed by atoms with Crippen LogP contribution in [0.1, 0.15) is 19.8 Å². The lowest BCUT2D eigenvalue weighted by Gasteiger charge is -2.18. The fourth-order valence-electron chi connectivity index (χ4n) is 1.99. The highest BCUT2D eigenvalue weighted by Gasteiger charge is 2.30. The van der Waals surface area contributed by atoms with Gasteiger partial charge in [-0.15, -0.1) is 0 Å². The second-order valence-corrected chi connectivity index (χ2v) is 6.96. The quantitative estimate of drug-likeness (QED) is 0.916. The number of rotatable bonds is 4. The zero-order valence-corrected chi connectivity index (χ0v) is 12.6. The maximum Gasteiger partial charge on any atom is 0.246 e. The van der Waals surface area contributed by atoms with Gasteiger partial charge < -0.3 is 5.32 Å².